The molecule has 1 aromatic rings. The van der Waals surface area contributed by atoms with Crippen LogP contribution in [0, 0.1) is 11.8 Å². The van der Waals surface area contributed by atoms with Crippen LogP contribution >= 0.6 is 0 Å². The fraction of sp³-hybridized carbons (Fsp3) is 0.692. The molecule has 18 heavy (non-hydrogen) atoms. The molecule has 5 nitrogen and oxygen atoms in total. The van der Waals surface area contributed by atoms with E-state index in [4.69, 9.17) is 5.73 Å². The first-order chi connectivity index (χ1) is 8.78. The van der Waals surface area contributed by atoms with Crippen molar-refractivity contribution in [2.75, 3.05) is 25.4 Å². The molecule has 2 saturated heterocycles. The Balaban J connectivity index is 1.73. The molecule has 2 aliphatic rings. The Morgan fingerprint density at radius 2 is 2.39 bits per heavy atom. The number of anilines is 1. The van der Waals surface area contributed by atoms with Crippen molar-refractivity contribution >= 4 is 5.82 Å². The highest BCUT2D eigenvalue weighted by Crippen LogP contribution is 2.34. The van der Waals surface area contributed by atoms with E-state index >= 15 is 0 Å². The summed E-state index contributed by atoms with van der Waals surface area (Å²) in [6.07, 6.45) is 2.95. The lowest BCUT2D eigenvalue weighted by molar-refractivity contribution is 0.205. The van der Waals surface area contributed by atoms with E-state index in [0.29, 0.717) is 11.9 Å². The molecule has 5 heteroatoms. The van der Waals surface area contributed by atoms with Gasteiger partial charge < -0.3 is 11.1 Å². The quantitative estimate of drug-likeness (QED) is 0.813. The topological polar surface area (TPSA) is 67.1 Å². The van der Waals surface area contributed by atoms with Gasteiger partial charge in [0.25, 0.3) is 0 Å². The largest absolute Gasteiger partial charge is 0.384 e. The van der Waals surface area contributed by atoms with Crippen molar-refractivity contribution in [1.29, 1.82) is 0 Å². The molecule has 2 aliphatic heterocycles. The van der Waals surface area contributed by atoms with Gasteiger partial charge in [-0.25, -0.2) is 9.97 Å². The summed E-state index contributed by atoms with van der Waals surface area (Å²) < 4.78 is 0. The number of hydrogen-bond acceptors (Lipinski definition) is 5. The van der Waals surface area contributed by atoms with Crippen LogP contribution < -0.4 is 11.1 Å². The third-order valence-corrected chi connectivity index (χ3v) is 4.31. The number of aromatic nitrogens is 2. The second-order valence-corrected chi connectivity index (χ2v) is 5.38. The standard InChI is InChI=1S/C13H21N5/c1-2-11-10-6-15-5-9(10)7-18(11)8-13-16-4-3-12(14)17-13/h3-4,9-11,15H,2,5-8H2,1H3,(H2,14,16,17). The molecule has 0 aromatic carbocycles. The summed E-state index contributed by atoms with van der Waals surface area (Å²) in [4.78, 5) is 11.2. The van der Waals surface area contributed by atoms with Crippen LogP contribution in [0.1, 0.15) is 19.2 Å². The SMILES string of the molecule is CCC1C2CNCC2CN1Cc1nccc(N)n1. The summed E-state index contributed by atoms with van der Waals surface area (Å²) >= 11 is 0. The van der Waals surface area contributed by atoms with Gasteiger partial charge in [0, 0.05) is 18.8 Å². The summed E-state index contributed by atoms with van der Waals surface area (Å²) in [7, 11) is 0. The number of nitrogens with one attached hydrogen (secondary N) is 1. The number of fused-ring (bicyclic) bond motifs is 1. The molecule has 2 fully saturated rings. The van der Waals surface area contributed by atoms with Crippen molar-refractivity contribution in [3.63, 3.8) is 0 Å². The second-order valence-electron chi connectivity index (χ2n) is 5.38. The highest BCUT2D eigenvalue weighted by atomic mass is 15.2. The fourth-order valence-electron chi connectivity index (χ4n) is 3.53. The van der Waals surface area contributed by atoms with E-state index in [1.807, 2.05) is 0 Å². The Morgan fingerprint density at radius 1 is 1.50 bits per heavy atom. The molecule has 0 saturated carbocycles. The maximum atomic E-state index is 5.71. The van der Waals surface area contributed by atoms with Gasteiger partial charge in [0.2, 0.25) is 0 Å². The minimum Gasteiger partial charge on any atom is -0.384 e. The summed E-state index contributed by atoms with van der Waals surface area (Å²) in [6, 6.07) is 2.40. The summed E-state index contributed by atoms with van der Waals surface area (Å²) in [5.41, 5.74) is 5.71. The zero-order valence-electron chi connectivity index (χ0n) is 10.8. The van der Waals surface area contributed by atoms with Gasteiger partial charge in [-0.2, -0.15) is 0 Å². The van der Waals surface area contributed by atoms with Crippen molar-refractivity contribution < 1.29 is 0 Å². The molecule has 98 valence electrons. The van der Waals surface area contributed by atoms with Crippen molar-refractivity contribution in [1.82, 2.24) is 20.2 Å². The molecule has 0 spiro atoms. The summed E-state index contributed by atoms with van der Waals surface area (Å²) in [5, 5.41) is 3.50. The maximum absolute atomic E-state index is 5.71. The molecule has 0 bridgehead atoms. The van der Waals surface area contributed by atoms with E-state index in [9.17, 15) is 0 Å². The third-order valence-electron chi connectivity index (χ3n) is 4.31. The zero-order chi connectivity index (χ0) is 12.5. The molecule has 0 amide bonds. The highest BCUT2D eigenvalue weighted by Gasteiger charge is 2.43. The lowest BCUT2D eigenvalue weighted by atomic mass is 9.93. The van der Waals surface area contributed by atoms with Crippen LogP contribution in [0.25, 0.3) is 0 Å². The number of nitrogens with two attached hydrogens (primary N) is 1. The van der Waals surface area contributed by atoms with E-state index in [-0.39, 0.29) is 0 Å². The maximum Gasteiger partial charge on any atom is 0.144 e. The smallest absolute Gasteiger partial charge is 0.144 e. The third kappa shape index (κ3) is 2.08. The molecule has 3 N–H and O–H groups in total. The Hall–Kier alpha value is -1.20. The van der Waals surface area contributed by atoms with Crippen molar-refractivity contribution in [3.05, 3.63) is 18.1 Å². The molecule has 3 unspecified atom stereocenters. The van der Waals surface area contributed by atoms with Gasteiger partial charge in [-0.05, 0) is 37.4 Å². The molecule has 3 rings (SSSR count). The second kappa shape index (κ2) is 4.82. The number of likely N-dealkylation sites (tertiary alicyclic amines) is 1. The first kappa shape index (κ1) is 11.9. The van der Waals surface area contributed by atoms with Crippen LogP contribution in [0.4, 0.5) is 5.82 Å². The van der Waals surface area contributed by atoms with Crippen molar-refractivity contribution in [2.45, 2.75) is 25.9 Å². The lowest BCUT2D eigenvalue weighted by Gasteiger charge is -2.26. The van der Waals surface area contributed by atoms with E-state index in [1.54, 1.807) is 12.3 Å². The minimum absolute atomic E-state index is 0.564. The molecule has 3 heterocycles. The Bertz CT molecular complexity index is 422. The predicted molar refractivity (Wildman–Crippen MR) is 70.8 cm³/mol. The van der Waals surface area contributed by atoms with Gasteiger partial charge in [0.1, 0.15) is 11.6 Å². The monoisotopic (exact) mass is 247 g/mol. The molecule has 0 aliphatic carbocycles. The Labute approximate surface area is 108 Å². The molecular weight excluding hydrogens is 226 g/mol. The minimum atomic E-state index is 0.564. The number of nitrogens with zero attached hydrogens (tertiary/aromatic N) is 3. The Morgan fingerprint density at radius 3 is 3.17 bits per heavy atom. The van der Waals surface area contributed by atoms with Gasteiger partial charge in [0.05, 0.1) is 6.54 Å². The van der Waals surface area contributed by atoms with Gasteiger partial charge in [-0.15, -0.1) is 0 Å². The lowest BCUT2D eigenvalue weighted by Crippen LogP contribution is -2.35. The van der Waals surface area contributed by atoms with Gasteiger partial charge >= 0.3 is 0 Å². The summed E-state index contributed by atoms with van der Waals surface area (Å²) in [6.45, 7) is 6.59. The first-order valence-corrected chi connectivity index (χ1v) is 6.80. The normalized spacial score (nSPS) is 31.7. The number of nitrogen functional groups attached to an aromatic ring is 1. The van der Waals surface area contributed by atoms with E-state index in [1.165, 1.54) is 6.42 Å². The average Bonchev–Trinajstić information content (AvgIpc) is 2.89. The zero-order valence-corrected chi connectivity index (χ0v) is 10.8. The fourth-order valence-corrected chi connectivity index (χ4v) is 3.53. The molecular formula is C13H21N5. The van der Waals surface area contributed by atoms with E-state index in [2.05, 4.69) is 27.1 Å². The van der Waals surface area contributed by atoms with E-state index < -0.39 is 0 Å². The van der Waals surface area contributed by atoms with Crippen LogP contribution in [0.15, 0.2) is 12.3 Å². The van der Waals surface area contributed by atoms with Gasteiger partial charge in [0.15, 0.2) is 0 Å². The highest BCUT2D eigenvalue weighted by molar-refractivity contribution is 5.25. The van der Waals surface area contributed by atoms with Crippen molar-refractivity contribution in [3.8, 4) is 0 Å². The number of hydrogen-bond donors (Lipinski definition) is 2. The van der Waals surface area contributed by atoms with Crippen LogP contribution in [0.5, 0.6) is 0 Å². The predicted octanol–water partition coefficient (Wildman–Crippen LogP) is 0.489. The van der Waals surface area contributed by atoms with Crippen LogP contribution in [-0.2, 0) is 6.54 Å². The summed E-state index contributed by atoms with van der Waals surface area (Å²) in [5.74, 6) is 3.02. The molecule has 0 radical (unpaired) electrons. The first-order valence-electron chi connectivity index (χ1n) is 6.80. The molecule has 1 aromatic heterocycles. The number of rotatable bonds is 3. The van der Waals surface area contributed by atoms with Gasteiger partial charge in [-0.3, -0.25) is 4.90 Å². The van der Waals surface area contributed by atoms with Crippen molar-refractivity contribution in [2.24, 2.45) is 11.8 Å². The average molecular weight is 247 g/mol. The van der Waals surface area contributed by atoms with E-state index in [0.717, 1.165) is 43.8 Å². The molecule has 3 atom stereocenters. The Kier molecular flexibility index (Phi) is 3.18. The van der Waals surface area contributed by atoms with Crippen LogP contribution in [-0.4, -0.2) is 40.5 Å². The van der Waals surface area contributed by atoms with Gasteiger partial charge in [-0.1, -0.05) is 6.92 Å². The van der Waals surface area contributed by atoms with Crippen LogP contribution in [0.3, 0.4) is 0 Å². The van der Waals surface area contributed by atoms with Crippen LogP contribution in [0.2, 0.25) is 0 Å².